The zero-order chi connectivity index (χ0) is 18.2. The summed E-state index contributed by atoms with van der Waals surface area (Å²) in [7, 11) is 1.85. The molecule has 1 aliphatic carbocycles. The second kappa shape index (κ2) is 6.62. The van der Waals surface area contributed by atoms with E-state index in [-0.39, 0.29) is 17.1 Å². The highest BCUT2D eigenvalue weighted by Crippen LogP contribution is 2.44. The van der Waals surface area contributed by atoms with Gasteiger partial charge in [0.2, 0.25) is 5.91 Å². The third-order valence-corrected chi connectivity index (χ3v) is 4.66. The van der Waals surface area contributed by atoms with Gasteiger partial charge >= 0.3 is 0 Å². The highest BCUT2D eigenvalue weighted by atomic mass is 19.1. The van der Waals surface area contributed by atoms with Crippen molar-refractivity contribution in [1.82, 2.24) is 9.78 Å². The molecule has 3 rings (SSSR count). The first-order valence-corrected chi connectivity index (χ1v) is 8.87. The number of aromatic nitrogens is 2. The molecule has 0 bridgehead atoms. The molecule has 25 heavy (non-hydrogen) atoms. The predicted molar refractivity (Wildman–Crippen MR) is 97.9 cm³/mol. The molecule has 0 aliphatic heterocycles. The van der Waals surface area contributed by atoms with Crippen molar-refractivity contribution in [3.8, 4) is 11.3 Å². The van der Waals surface area contributed by atoms with Gasteiger partial charge in [-0.2, -0.15) is 5.10 Å². The van der Waals surface area contributed by atoms with Crippen molar-refractivity contribution in [3.63, 3.8) is 0 Å². The number of nitrogens with zero attached hydrogens (tertiary/aromatic N) is 2. The molecule has 1 saturated carbocycles. The number of carbonyl (C=O) groups is 1. The van der Waals surface area contributed by atoms with Crippen LogP contribution in [0.2, 0.25) is 0 Å². The summed E-state index contributed by atoms with van der Waals surface area (Å²) >= 11 is 0. The van der Waals surface area contributed by atoms with Crippen LogP contribution in [0.25, 0.3) is 11.3 Å². The lowest BCUT2D eigenvalue weighted by Crippen LogP contribution is -2.22. The summed E-state index contributed by atoms with van der Waals surface area (Å²) in [6.07, 6.45) is 3.84. The monoisotopic (exact) mass is 343 g/mol. The Kier molecular flexibility index (Phi) is 4.67. The molecule has 1 fully saturated rings. The van der Waals surface area contributed by atoms with Crippen LogP contribution in [0.3, 0.4) is 0 Å². The van der Waals surface area contributed by atoms with Crippen molar-refractivity contribution >= 4 is 11.7 Å². The lowest BCUT2D eigenvalue weighted by Gasteiger charge is -2.27. The molecule has 1 aromatic carbocycles. The Labute approximate surface area is 148 Å². The summed E-state index contributed by atoms with van der Waals surface area (Å²) in [5, 5.41) is 7.72. The van der Waals surface area contributed by atoms with Crippen LogP contribution in [0.15, 0.2) is 24.3 Å². The molecule has 0 unspecified atom stereocenters. The molecule has 4 nitrogen and oxygen atoms in total. The van der Waals surface area contributed by atoms with E-state index in [4.69, 9.17) is 0 Å². The number of amides is 1. The number of halogens is 1. The summed E-state index contributed by atoms with van der Waals surface area (Å²) in [5.74, 6) is 0.919. The maximum absolute atomic E-state index is 13.3. The van der Waals surface area contributed by atoms with Gasteiger partial charge in [-0.25, -0.2) is 4.39 Å². The topological polar surface area (TPSA) is 46.9 Å². The van der Waals surface area contributed by atoms with Crippen LogP contribution in [0.4, 0.5) is 10.2 Å². The second-order valence-corrected chi connectivity index (χ2v) is 8.15. The first-order valence-electron chi connectivity index (χ1n) is 8.87. The van der Waals surface area contributed by atoms with Gasteiger partial charge in [-0.1, -0.05) is 27.2 Å². The number of rotatable bonds is 4. The van der Waals surface area contributed by atoms with Gasteiger partial charge in [-0.3, -0.25) is 9.48 Å². The minimum Gasteiger partial charge on any atom is -0.311 e. The molecule has 1 amide bonds. The first-order chi connectivity index (χ1) is 11.7. The third-order valence-electron chi connectivity index (χ3n) is 4.66. The zero-order valence-corrected chi connectivity index (χ0v) is 15.4. The van der Waals surface area contributed by atoms with E-state index in [1.165, 1.54) is 18.6 Å². The molecule has 2 aromatic rings. The fourth-order valence-corrected chi connectivity index (χ4v) is 3.25. The summed E-state index contributed by atoms with van der Waals surface area (Å²) in [6.45, 7) is 6.14. The van der Waals surface area contributed by atoms with Crippen molar-refractivity contribution in [2.24, 2.45) is 12.5 Å². The SMILES string of the molecule is Cn1nc(-c2ccc(F)cc2)c(C2CCC2)c1NC(=O)CC(C)(C)C. The molecule has 1 aromatic heterocycles. The molecular weight excluding hydrogens is 317 g/mol. The van der Waals surface area contributed by atoms with Gasteiger partial charge in [-0.05, 0) is 48.4 Å². The number of carbonyl (C=O) groups excluding carboxylic acids is 1. The molecule has 0 spiro atoms. The summed E-state index contributed by atoms with van der Waals surface area (Å²) in [5.41, 5.74) is 2.75. The summed E-state index contributed by atoms with van der Waals surface area (Å²) in [6, 6.07) is 6.40. The number of hydrogen-bond donors (Lipinski definition) is 1. The second-order valence-electron chi connectivity index (χ2n) is 8.15. The van der Waals surface area contributed by atoms with Gasteiger partial charge in [0.15, 0.2) is 0 Å². The van der Waals surface area contributed by atoms with E-state index in [0.717, 1.165) is 35.5 Å². The molecular formula is C20H26FN3O. The molecule has 5 heteroatoms. The van der Waals surface area contributed by atoms with Gasteiger partial charge in [0.1, 0.15) is 11.6 Å². The van der Waals surface area contributed by atoms with Crippen LogP contribution < -0.4 is 5.32 Å². The fraction of sp³-hybridized carbons (Fsp3) is 0.500. The van der Waals surface area contributed by atoms with Gasteiger partial charge in [0.25, 0.3) is 0 Å². The predicted octanol–water partition coefficient (Wildman–Crippen LogP) is 4.87. The fourth-order valence-electron chi connectivity index (χ4n) is 3.25. The Hall–Kier alpha value is -2.17. The van der Waals surface area contributed by atoms with Crippen LogP contribution in [-0.2, 0) is 11.8 Å². The minimum absolute atomic E-state index is 0.00160. The normalized spacial score (nSPS) is 15.1. The summed E-state index contributed by atoms with van der Waals surface area (Å²) < 4.78 is 15.0. The van der Waals surface area contributed by atoms with Gasteiger partial charge in [0.05, 0.1) is 5.69 Å². The largest absolute Gasteiger partial charge is 0.311 e. The highest BCUT2D eigenvalue weighted by Gasteiger charge is 2.30. The van der Waals surface area contributed by atoms with Crippen LogP contribution in [0.1, 0.15) is 57.9 Å². The Morgan fingerprint density at radius 2 is 1.92 bits per heavy atom. The molecule has 0 atom stereocenters. The molecule has 0 saturated heterocycles. The number of anilines is 1. The Balaban J connectivity index is 1.97. The Bertz CT molecular complexity index is 767. The third kappa shape index (κ3) is 3.91. The van der Waals surface area contributed by atoms with Crippen LogP contribution >= 0.6 is 0 Å². The van der Waals surface area contributed by atoms with Crippen molar-refractivity contribution < 1.29 is 9.18 Å². The quantitative estimate of drug-likeness (QED) is 0.861. The van der Waals surface area contributed by atoms with E-state index in [9.17, 15) is 9.18 Å². The molecule has 0 radical (unpaired) electrons. The van der Waals surface area contributed by atoms with Gasteiger partial charge in [-0.15, -0.1) is 0 Å². The molecule has 1 aliphatic rings. The molecule has 134 valence electrons. The van der Waals surface area contributed by atoms with Crippen LogP contribution in [-0.4, -0.2) is 15.7 Å². The van der Waals surface area contributed by atoms with E-state index < -0.39 is 0 Å². The lowest BCUT2D eigenvalue weighted by molar-refractivity contribution is -0.117. The average molecular weight is 343 g/mol. The number of benzene rings is 1. The van der Waals surface area contributed by atoms with E-state index in [2.05, 4.69) is 10.4 Å². The van der Waals surface area contributed by atoms with Crippen LogP contribution in [0.5, 0.6) is 0 Å². The average Bonchev–Trinajstić information content (AvgIpc) is 2.74. The zero-order valence-electron chi connectivity index (χ0n) is 15.4. The van der Waals surface area contributed by atoms with Crippen molar-refractivity contribution in [2.45, 2.75) is 52.4 Å². The summed E-state index contributed by atoms with van der Waals surface area (Å²) in [4.78, 5) is 12.5. The van der Waals surface area contributed by atoms with Crippen molar-refractivity contribution in [3.05, 3.63) is 35.6 Å². The molecule has 1 N–H and O–H groups in total. The Morgan fingerprint density at radius 1 is 1.28 bits per heavy atom. The highest BCUT2D eigenvalue weighted by molar-refractivity contribution is 5.92. The maximum atomic E-state index is 13.3. The lowest BCUT2D eigenvalue weighted by atomic mass is 9.79. The van der Waals surface area contributed by atoms with Crippen LogP contribution in [0, 0.1) is 11.2 Å². The number of aryl methyl sites for hydroxylation is 1. The van der Waals surface area contributed by atoms with Gasteiger partial charge < -0.3 is 5.32 Å². The van der Waals surface area contributed by atoms with E-state index >= 15 is 0 Å². The van der Waals surface area contributed by atoms with E-state index in [1.54, 1.807) is 16.8 Å². The maximum Gasteiger partial charge on any atom is 0.226 e. The smallest absolute Gasteiger partial charge is 0.226 e. The Morgan fingerprint density at radius 3 is 2.44 bits per heavy atom. The number of nitrogens with one attached hydrogen (secondary N) is 1. The van der Waals surface area contributed by atoms with Crippen molar-refractivity contribution in [2.75, 3.05) is 5.32 Å². The minimum atomic E-state index is -0.261. The van der Waals surface area contributed by atoms with Gasteiger partial charge in [0, 0.05) is 24.6 Å². The standard InChI is InChI=1S/C20H26FN3O/c1-20(2,3)12-16(25)22-19-17(13-6-5-7-13)18(23-24(19)4)14-8-10-15(21)11-9-14/h8-11,13H,5-7,12H2,1-4H3,(H,22,25). The first kappa shape index (κ1) is 17.6. The van der Waals surface area contributed by atoms with E-state index in [1.807, 2.05) is 27.8 Å². The van der Waals surface area contributed by atoms with Crippen molar-refractivity contribution in [1.29, 1.82) is 0 Å². The molecule has 1 heterocycles. The van der Waals surface area contributed by atoms with E-state index in [0.29, 0.717) is 12.3 Å². The number of hydrogen-bond acceptors (Lipinski definition) is 2.